The molecule has 2 aromatic heterocycles. The minimum Gasteiger partial charge on any atom is -0.348 e. The van der Waals surface area contributed by atoms with Crippen LogP contribution in [0.2, 0.25) is 0 Å². The maximum Gasteiger partial charge on any atom is 0.254 e. The van der Waals surface area contributed by atoms with Gasteiger partial charge < -0.3 is 10.6 Å². The number of halogens is 1. The molecule has 0 radical (unpaired) electrons. The van der Waals surface area contributed by atoms with Gasteiger partial charge in [0.15, 0.2) is 0 Å². The zero-order valence-corrected chi connectivity index (χ0v) is 17.0. The van der Waals surface area contributed by atoms with Gasteiger partial charge in [-0.3, -0.25) is 14.2 Å². The van der Waals surface area contributed by atoms with E-state index >= 15 is 0 Å². The van der Waals surface area contributed by atoms with Gasteiger partial charge in [-0.2, -0.15) is 5.10 Å². The van der Waals surface area contributed by atoms with E-state index in [1.807, 2.05) is 25.2 Å². The first kappa shape index (κ1) is 19.4. The summed E-state index contributed by atoms with van der Waals surface area (Å²) in [6.45, 7) is 1.31. The smallest absolute Gasteiger partial charge is 0.254 e. The molecule has 9 heteroatoms. The van der Waals surface area contributed by atoms with Gasteiger partial charge in [0.1, 0.15) is 5.82 Å². The summed E-state index contributed by atoms with van der Waals surface area (Å²) in [7, 11) is 1.88. The molecule has 8 nitrogen and oxygen atoms in total. The molecule has 3 heterocycles. The summed E-state index contributed by atoms with van der Waals surface area (Å²) in [6.07, 6.45) is 5.96. The van der Waals surface area contributed by atoms with Crippen molar-refractivity contribution in [3.63, 3.8) is 0 Å². The van der Waals surface area contributed by atoms with Crippen molar-refractivity contribution < 1.29 is 9.18 Å². The van der Waals surface area contributed by atoms with E-state index in [9.17, 15) is 9.18 Å². The number of aromatic nitrogens is 5. The maximum atomic E-state index is 14.8. The Labute approximate surface area is 178 Å². The van der Waals surface area contributed by atoms with Gasteiger partial charge >= 0.3 is 0 Å². The van der Waals surface area contributed by atoms with Gasteiger partial charge in [0.2, 0.25) is 0 Å². The molecule has 0 bridgehead atoms. The Morgan fingerprint density at radius 1 is 1.26 bits per heavy atom. The summed E-state index contributed by atoms with van der Waals surface area (Å²) in [5.74, 6) is -0.939. The first-order valence-corrected chi connectivity index (χ1v) is 10.2. The molecule has 158 valence electrons. The SMILES string of the molecule is Cn1ncc2cc(-c3ccc(C(=O)N[C@H]4CN[C@H](Cn5ccnn5)C4)c(F)c3)ccc21. The van der Waals surface area contributed by atoms with Crippen molar-refractivity contribution in [1.29, 1.82) is 0 Å². The van der Waals surface area contributed by atoms with Gasteiger partial charge in [-0.25, -0.2) is 4.39 Å². The van der Waals surface area contributed by atoms with Crippen molar-refractivity contribution in [2.45, 2.75) is 25.0 Å². The number of amides is 1. The molecular weight excluding hydrogens is 397 g/mol. The van der Waals surface area contributed by atoms with Crippen molar-refractivity contribution in [2.24, 2.45) is 7.05 Å². The standard InChI is InChI=1S/C22H22FN7O/c1-29-21-5-3-14(8-16(21)11-26-29)15-2-4-19(20(23)9-15)22(31)27-17-10-18(24-12-17)13-30-7-6-25-28-30/h2-9,11,17-18,24H,10,12-13H2,1H3,(H,27,31)/t17-,18+/m1/s1. The van der Waals surface area contributed by atoms with Crippen LogP contribution in [0.4, 0.5) is 4.39 Å². The largest absolute Gasteiger partial charge is 0.348 e. The molecule has 2 N–H and O–H groups in total. The van der Waals surface area contributed by atoms with E-state index in [0.29, 0.717) is 13.1 Å². The molecule has 0 saturated carbocycles. The predicted octanol–water partition coefficient (Wildman–Crippen LogP) is 2.13. The van der Waals surface area contributed by atoms with Crippen LogP contribution in [0.15, 0.2) is 55.0 Å². The number of nitrogens with one attached hydrogen (secondary N) is 2. The lowest BCUT2D eigenvalue weighted by atomic mass is 10.0. The average molecular weight is 419 g/mol. The fraction of sp³-hybridized carbons (Fsp3) is 0.273. The number of rotatable bonds is 5. The third-order valence-corrected chi connectivity index (χ3v) is 5.73. The van der Waals surface area contributed by atoms with Gasteiger partial charge in [0, 0.05) is 37.3 Å². The Balaban J connectivity index is 1.26. The van der Waals surface area contributed by atoms with E-state index in [1.54, 1.807) is 40.1 Å². The highest BCUT2D eigenvalue weighted by atomic mass is 19.1. The lowest BCUT2D eigenvalue weighted by Gasteiger charge is -2.13. The van der Waals surface area contributed by atoms with Gasteiger partial charge in [-0.05, 0) is 41.8 Å². The first-order valence-electron chi connectivity index (χ1n) is 10.2. The van der Waals surface area contributed by atoms with Crippen LogP contribution in [0.3, 0.4) is 0 Å². The Hall–Kier alpha value is -3.59. The summed E-state index contributed by atoms with van der Waals surface area (Å²) in [5.41, 5.74) is 2.65. The number of benzene rings is 2. The Morgan fingerprint density at radius 3 is 2.90 bits per heavy atom. The van der Waals surface area contributed by atoms with E-state index in [4.69, 9.17) is 0 Å². The van der Waals surface area contributed by atoms with Crippen LogP contribution >= 0.6 is 0 Å². The molecular formula is C22H22FN7O. The van der Waals surface area contributed by atoms with Crippen molar-refractivity contribution >= 4 is 16.8 Å². The molecule has 0 aliphatic carbocycles. The number of hydrogen-bond donors (Lipinski definition) is 2. The second kappa shape index (κ2) is 7.92. The monoisotopic (exact) mass is 419 g/mol. The van der Waals surface area contributed by atoms with E-state index in [2.05, 4.69) is 26.0 Å². The van der Waals surface area contributed by atoms with Crippen LogP contribution in [0.25, 0.3) is 22.0 Å². The lowest BCUT2D eigenvalue weighted by Crippen LogP contribution is -2.36. The van der Waals surface area contributed by atoms with Crippen LogP contribution in [-0.2, 0) is 13.6 Å². The maximum absolute atomic E-state index is 14.8. The highest BCUT2D eigenvalue weighted by molar-refractivity contribution is 5.95. The summed E-state index contributed by atoms with van der Waals surface area (Å²) in [5, 5.41) is 19.3. The minimum atomic E-state index is -0.536. The van der Waals surface area contributed by atoms with Gasteiger partial charge in [-0.1, -0.05) is 17.3 Å². The summed E-state index contributed by atoms with van der Waals surface area (Å²) in [4.78, 5) is 12.7. The van der Waals surface area contributed by atoms with Gasteiger partial charge in [0.25, 0.3) is 5.91 Å². The number of aryl methyl sites for hydroxylation is 1. The average Bonchev–Trinajstić information content (AvgIpc) is 3.51. The molecule has 0 unspecified atom stereocenters. The third-order valence-electron chi connectivity index (χ3n) is 5.73. The summed E-state index contributed by atoms with van der Waals surface area (Å²) in [6, 6.07) is 10.7. The number of carbonyl (C=O) groups excluding carboxylic acids is 1. The van der Waals surface area contributed by atoms with Crippen LogP contribution in [-0.4, -0.2) is 49.3 Å². The molecule has 1 fully saturated rings. The van der Waals surface area contributed by atoms with Crippen molar-refractivity contribution in [2.75, 3.05) is 6.54 Å². The molecule has 5 rings (SSSR count). The number of nitrogens with zero attached hydrogens (tertiary/aromatic N) is 5. The number of fused-ring (bicyclic) bond motifs is 1. The second-order valence-corrected chi connectivity index (χ2v) is 7.87. The zero-order chi connectivity index (χ0) is 21.4. The summed E-state index contributed by atoms with van der Waals surface area (Å²) < 4.78 is 18.3. The quantitative estimate of drug-likeness (QED) is 0.517. The molecule has 1 aliphatic rings. The normalized spacial score (nSPS) is 18.5. The van der Waals surface area contributed by atoms with Crippen molar-refractivity contribution in [1.82, 2.24) is 35.4 Å². The Morgan fingerprint density at radius 2 is 2.10 bits per heavy atom. The second-order valence-electron chi connectivity index (χ2n) is 7.87. The van der Waals surface area contributed by atoms with E-state index in [1.165, 1.54) is 6.07 Å². The molecule has 2 atom stereocenters. The van der Waals surface area contributed by atoms with E-state index < -0.39 is 11.7 Å². The van der Waals surface area contributed by atoms with E-state index in [-0.39, 0.29) is 17.6 Å². The van der Waals surface area contributed by atoms with Crippen LogP contribution in [0.1, 0.15) is 16.8 Å². The predicted molar refractivity (Wildman–Crippen MR) is 114 cm³/mol. The fourth-order valence-electron chi connectivity index (χ4n) is 4.11. The highest BCUT2D eigenvalue weighted by Gasteiger charge is 2.26. The van der Waals surface area contributed by atoms with Crippen molar-refractivity contribution in [3.05, 3.63) is 66.4 Å². The van der Waals surface area contributed by atoms with Crippen molar-refractivity contribution in [3.8, 4) is 11.1 Å². The third kappa shape index (κ3) is 3.91. The van der Waals surface area contributed by atoms with Gasteiger partial charge in [-0.15, -0.1) is 5.10 Å². The fourth-order valence-corrected chi connectivity index (χ4v) is 4.11. The molecule has 1 amide bonds. The number of carbonyl (C=O) groups is 1. The first-order chi connectivity index (χ1) is 15.1. The zero-order valence-electron chi connectivity index (χ0n) is 17.0. The van der Waals surface area contributed by atoms with E-state index in [0.717, 1.165) is 28.5 Å². The minimum absolute atomic E-state index is 0.0472. The van der Waals surface area contributed by atoms with Crippen LogP contribution in [0.5, 0.6) is 0 Å². The lowest BCUT2D eigenvalue weighted by molar-refractivity contribution is 0.0935. The Kier molecular flexibility index (Phi) is 4.95. The molecule has 31 heavy (non-hydrogen) atoms. The Bertz CT molecular complexity index is 1230. The van der Waals surface area contributed by atoms with Gasteiger partial charge in [0.05, 0.1) is 30.0 Å². The topological polar surface area (TPSA) is 89.7 Å². The highest BCUT2D eigenvalue weighted by Crippen LogP contribution is 2.26. The molecule has 1 saturated heterocycles. The summed E-state index contributed by atoms with van der Waals surface area (Å²) >= 11 is 0. The molecule has 1 aliphatic heterocycles. The molecule has 4 aromatic rings. The van der Waals surface area contributed by atoms with Crippen LogP contribution < -0.4 is 10.6 Å². The molecule has 0 spiro atoms. The molecule has 2 aromatic carbocycles. The number of hydrogen-bond acceptors (Lipinski definition) is 5. The van der Waals surface area contributed by atoms with Crippen LogP contribution in [0, 0.1) is 5.82 Å².